The third-order valence-electron chi connectivity index (χ3n) is 7.73. The fourth-order valence-electron chi connectivity index (χ4n) is 6.36. The lowest BCUT2D eigenvalue weighted by Crippen LogP contribution is -2.75. The van der Waals surface area contributed by atoms with Crippen LogP contribution < -0.4 is 18.7 Å². The van der Waals surface area contributed by atoms with Crippen LogP contribution in [-0.2, 0) is 5.66 Å². The third-order valence-corrected chi connectivity index (χ3v) is 7.73. The third kappa shape index (κ3) is 2.00. The standard InChI is InChI=1S/C31H19N3O2/c1-2-10-22-20(8-1)9-5-11-23(22)21-18-33-24-12-6-13-25-29(24)31(34(33)19-21)30-26(35-25)14-7-15-27(30)36-28-16-3-4-17-32(28)31/h1-19H/q+2. The lowest BCUT2D eigenvalue weighted by molar-refractivity contribution is -0.997. The van der Waals surface area contributed by atoms with Gasteiger partial charge in [-0.05, 0) is 51.3 Å². The van der Waals surface area contributed by atoms with Gasteiger partial charge in [0.1, 0.15) is 17.2 Å². The SMILES string of the molecule is c1cc2c3c(c1)Oc1cccc[n+]1C31c3c(cccc3-n3cc(-c4cccc5ccccc45)c[n+]31)O2. The van der Waals surface area contributed by atoms with Gasteiger partial charge < -0.3 is 9.47 Å². The van der Waals surface area contributed by atoms with Crippen molar-refractivity contribution in [3.05, 3.63) is 127 Å². The van der Waals surface area contributed by atoms with Crippen LogP contribution in [0.4, 0.5) is 0 Å². The van der Waals surface area contributed by atoms with Gasteiger partial charge in [0, 0.05) is 6.07 Å². The highest BCUT2D eigenvalue weighted by molar-refractivity contribution is 5.96. The summed E-state index contributed by atoms with van der Waals surface area (Å²) in [6.45, 7) is 0. The van der Waals surface area contributed by atoms with E-state index in [4.69, 9.17) is 9.47 Å². The van der Waals surface area contributed by atoms with Crippen LogP contribution in [0.15, 0.2) is 116 Å². The summed E-state index contributed by atoms with van der Waals surface area (Å²) in [7, 11) is 0. The second kappa shape index (κ2) is 6.20. The Labute approximate surface area is 206 Å². The highest BCUT2D eigenvalue weighted by Gasteiger charge is 2.71. The number of aromatic nitrogens is 3. The molecule has 0 saturated carbocycles. The summed E-state index contributed by atoms with van der Waals surface area (Å²) < 4.78 is 19.7. The fraction of sp³-hybridized carbons (Fsp3) is 0.0323. The van der Waals surface area contributed by atoms with E-state index < -0.39 is 5.66 Å². The minimum atomic E-state index is -0.673. The summed E-state index contributed by atoms with van der Waals surface area (Å²) in [6, 6.07) is 33.5. The zero-order valence-electron chi connectivity index (χ0n) is 19.1. The minimum Gasteiger partial charge on any atom is -0.455 e. The van der Waals surface area contributed by atoms with Gasteiger partial charge in [0.2, 0.25) is 6.20 Å². The molecule has 4 aromatic carbocycles. The predicted molar refractivity (Wildman–Crippen MR) is 134 cm³/mol. The summed E-state index contributed by atoms with van der Waals surface area (Å²) in [6.07, 6.45) is 6.62. The Balaban J connectivity index is 1.44. The van der Waals surface area contributed by atoms with Crippen LogP contribution in [0.1, 0.15) is 11.1 Å². The van der Waals surface area contributed by atoms with Gasteiger partial charge in [-0.15, -0.1) is 4.68 Å². The van der Waals surface area contributed by atoms with E-state index >= 15 is 0 Å². The number of nitrogens with zero attached hydrogens (tertiary/aromatic N) is 3. The number of fused-ring (bicyclic) bond motifs is 4. The second-order valence-electron chi connectivity index (χ2n) is 9.49. The molecule has 0 aliphatic carbocycles. The molecule has 1 spiro atoms. The highest BCUT2D eigenvalue weighted by atomic mass is 16.5. The van der Waals surface area contributed by atoms with Crippen LogP contribution in [0, 0.1) is 0 Å². The highest BCUT2D eigenvalue weighted by Crippen LogP contribution is 2.55. The molecule has 5 heteroatoms. The molecule has 0 bridgehead atoms. The molecular formula is C31H19N3O2+2. The van der Waals surface area contributed by atoms with Gasteiger partial charge in [0.05, 0.1) is 17.8 Å². The summed E-state index contributed by atoms with van der Waals surface area (Å²) in [5, 5.41) is 2.47. The zero-order chi connectivity index (χ0) is 23.4. The number of pyridine rings is 1. The maximum atomic E-state index is 6.48. The summed E-state index contributed by atoms with van der Waals surface area (Å²) >= 11 is 0. The number of ether oxygens (including phenoxy) is 2. The van der Waals surface area contributed by atoms with E-state index in [1.54, 1.807) is 0 Å². The first-order valence-corrected chi connectivity index (χ1v) is 12.1. The van der Waals surface area contributed by atoms with Gasteiger partial charge in [-0.2, -0.15) is 0 Å². The van der Waals surface area contributed by atoms with Crippen molar-refractivity contribution in [2.24, 2.45) is 0 Å². The van der Waals surface area contributed by atoms with Crippen LogP contribution in [0.2, 0.25) is 0 Å². The molecule has 6 aromatic rings. The van der Waals surface area contributed by atoms with E-state index in [9.17, 15) is 0 Å². The Bertz CT molecular complexity index is 1900. The average molecular weight is 466 g/mol. The molecule has 1 atom stereocenters. The molecule has 0 saturated heterocycles. The lowest BCUT2D eigenvalue weighted by Gasteiger charge is -2.31. The molecule has 9 rings (SSSR count). The second-order valence-corrected chi connectivity index (χ2v) is 9.49. The van der Waals surface area contributed by atoms with Crippen molar-refractivity contribution in [2.45, 2.75) is 5.66 Å². The van der Waals surface area contributed by atoms with Crippen molar-refractivity contribution >= 4 is 10.8 Å². The number of rotatable bonds is 1. The van der Waals surface area contributed by atoms with E-state index in [0.29, 0.717) is 0 Å². The topological polar surface area (TPSA) is 31.1 Å². The van der Waals surface area contributed by atoms with Crippen LogP contribution in [-0.4, -0.2) is 4.68 Å². The van der Waals surface area contributed by atoms with E-state index in [1.165, 1.54) is 16.3 Å². The largest absolute Gasteiger partial charge is 0.455 e. The van der Waals surface area contributed by atoms with Crippen molar-refractivity contribution in [2.75, 3.05) is 0 Å². The molecule has 0 radical (unpaired) electrons. The average Bonchev–Trinajstić information content (AvgIpc) is 3.48. The Morgan fingerprint density at radius 1 is 0.667 bits per heavy atom. The van der Waals surface area contributed by atoms with Gasteiger partial charge in [-0.25, -0.2) is 0 Å². The molecule has 1 unspecified atom stereocenters. The van der Waals surface area contributed by atoms with Crippen molar-refractivity contribution in [1.29, 1.82) is 0 Å². The maximum Gasteiger partial charge on any atom is 0.452 e. The first-order valence-electron chi connectivity index (χ1n) is 12.1. The molecule has 2 aromatic heterocycles. The Morgan fingerprint density at radius 2 is 1.42 bits per heavy atom. The molecule has 0 amide bonds. The quantitative estimate of drug-likeness (QED) is 0.292. The summed E-state index contributed by atoms with van der Waals surface area (Å²) in [5.41, 5.74) is 4.93. The summed E-state index contributed by atoms with van der Waals surface area (Å²) in [5.74, 6) is 3.28. The molecule has 3 aliphatic heterocycles. The van der Waals surface area contributed by atoms with Gasteiger partial charge >= 0.3 is 11.5 Å². The van der Waals surface area contributed by atoms with Gasteiger partial charge in [0.15, 0.2) is 23.1 Å². The van der Waals surface area contributed by atoms with Crippen molar-refractivity contribution in [1.82, 2.24) is 4.68 Å². The first-order chi connectivity index (χ1) is 17.8. The van der Waals surface area contributed by atoms with Crippen LogP contribution in [0.25, 0.3) is 27.6 Å². The van der Waals surface area contributed by atoms with Crippen molar-refractivity contribution in [3.63, 3.8) is 0 Å². The molecule has 3 aliphatic rings. The molecular weight excluding hydrogens is 446 g/mol. The first kappa shape index (κ1) is 18.4. The Hall–Kier alpha value is -4.90. The van der Waals surface area contributed by atoms with E-state index in [2.05, 4.69) is 99.3 Å². The number of benzene rings is 4. The van der Waals surface area contributed by atoms with E-state index in [0.717, 1.165) is 45.5 Å². The molecule has 168 valence electrons. The summed E-state index contributed by atoms with van der Waals surface area (Å²) in [4.78, 5) is 0. The lowest BCUT2D eigenvalue weighted by atomic mass is 9.85. The monoisotopic (exact) mass is 465 g/mol. The Morgan fingerprint density at radius 3 is 2.36 bits per heavy atom. The smallest absolute Gasteiger partial charge is 0.452 e. The molecule has 0 N–H and O–H groups in total. The minimum absolute atomic E-state index is 0.673. The molecule has 5 nitrogen and oxygen atoms in total. The fourth-order valence-corrected chi connectivity index (χ4v) is 6.36. The van der Waals surface area contributed by atoms with Gasteiger partial charge in [-0.3, -0.25) is 0 Å². The van der Waals surface area contributed by atoms with E-state index in [-0.39, 0.29) is 0 Å². The molecule has 5 heterocycles. The van der Waals surface area contributed by atoms with Crippen molar-refractivity contribution in [3.8, 4) is 39.9 Å². The predicted octanol–water partition coefficient (Wildman–Crippen LogP) is 5.70. The van der Waals surface area contributed by atoms with Crippen LogP contribution in [0.5, 0.6) is 23.1 Å². The van der Waals surface area contributed by atoms with Crippen LogP contribution in [0.3, 0.4) is 0 Å². The van der Waals surface area contributed by atoms with Crippen LogP contribution >= 0.6 is 0 Å². The zero-order valence-corrected chi connectivity index (χ0v) is 19.1. The number of hydrogen-bond acceptors (Lipinski definition) is 2. The Kier molecular flexibility index (Phi) is 3.18. The molecule has 36 heavy (non-hydrogen) atoms. The van der Waals surface area contributed by atoms with E-state index in [1.807, 2.05) is 30.3 Å². The number of hydrogen-bond donors (Lipinski definition) is 0. The van der Waals surface area contributed by atoms with Crippen molar-refractivity contribution < 1.29 is 18.7 Å². The normalized spacial score (nSPS) is 17.4. The van der Waals surface area contributed by atoms with Gasteiger partial charge in [-0.1, -0.05) is 59.2 Å². The molecule has 0 fully saturated rings. The van der Waals surface area contributed by atoms with Gasteiger partial charge in [0.25, 0.3) is 0 Å². The maximum absolute atomic E-state index is 6.48.